The van der Waals surface area contributed by atoms with Crippen molar-refractivity contribution in [1.82, 2.24) is 4.90 Å². The summed E-state index contributed by atoms with van der Waals surface area (Å²) >= 11 is 0. The lowest BCUT2D eigenvalue weighted by Crippen LogP contribution is -2.31. The Labute approximate surface area is 125 Å². The molecular weight excluding hydrogens is 290 g/mol. The van der Waals surface area contributed by atoms with E-state index in [0.717, 1.165) is 18.2 Å². The van der Waals surface area contributed by atoms with Crippen molar-refractivity contribution in [2.45, 2.75) is 31.3 Å². The molecule has 1 saturated heterocycles. The number of amides is 1. The van der Waals surface area contributed by atoms with Gasteiger partial charge in [0.15, 0.2) is 9.84 Å². The summed E-state index contributed by atoms with van der Waals surface area (Å²) in [6, 6.07) is 4.62. The fraction of sp³-hybridized carbons (Fsp3) is 0.533. The van der Waals surface area contributed by atoms with Crippen LogP contribution in [0.2, 0.25) is 0 Å². The van der Waals surface area contributed by atoms with E-state index in [1.165, 1.54) is 12.1 Å². The molecule has 0 aliphatic carbocycles. The molecule has 0 spiro atoms. The monoisotopic (exact) mass is 311 g/mol. The molecule has 1 aromatic rings. The first-order valence-corrected chi connectivity index (χ1v) is 8.87. The van der Waals surface area contributed by atoms with Crippen LogP contribution in [0.5, 0.6) is 0 Å². The highest BCUT2D eigenvalue weighted by molar-refractivity contribution is 7.90. The Morgan fingerprint density at radius 2 is 2.10 bits per heavy atom. The van der Waals surface area contributed by atoms with Gasteiger partial charge in [-0.05, 0) is 38.0 Å². The summed E-state index contributed by atoms with van der Waals surface area (Å²) in [5, 5.41) is 9.61. The molecule has 6 heteroatoms. The zero-order valence-electron chi connectivity index (χ0n) is 12.5. The van der Waals surface area contributed by atoms with Crippen LogP contribution in [0.1, 0.15) is 29.3 Å². The topological polar surface area (TPSA) is 74.7 Å². The van der Waals surface area contributed by atoms with Crippen LogP contribution in [0.25, 0.3) is 0 Å². The van der Waals surface area contributed by atoms with Gasteiger partial charge in [0.2, 0.25) is 0 Å². The van der Waals surface area contributed by atoms with E-state index in [1.54, 1.807) is 24.8 Å². The van der Waals surface area contributed by atoms with Gasteiger partial charge in [-0.3, -0.25) is 4.79 Å². The maximum Gasteiger partial charge on any atom is 0.254 e. The number of benzene rings is 1. The lowest BCUT2D eigenvalue weighted by Gasteiger charge is -2.19. The average Bonchev–Trinajstić information content (AvgIpc) is 2.86. The van der Waals surface area contributed by atoms with Gasteiger partial charge >= 0.3 is 0 Å². The number of aliphatic hydroxyl groups is 1. The first-order chi connectivity index (χ1) is 9.70. The summed E-state index contributed by atoms with van der Waals surface area (Å²) in [7, 11) is -3.33. The Morgan fingerprint density at radius 3 is 2.62 bits per heavy atom. The lowest BCUT2D eigenvalue weighted by molar-refractivity contribution is 0.0761. The smallest absolute Gasteiger partial charge is 0.254 e. The molecule has 0 radical (unpaired) electrons. The Bertz CT molecular complexity index is 652. The van der Waals surface area contributed by atoms with Gasteiger partial charge in [0, 0.05) is 30.8 Å². The molecule has 21 heavy (non-hydrogen) atoms. The van der Waals surface area contributed by atoms with Crippen molar-refractivity contribution in [3.8, 4) is 0 Å². The molecule has 0 saturated carbocycles. The Morgan fingerprint density at radius 1 is 1.43 bits per heavy atom. The molecule has 0 aromatic heterocycles. The number of likely N-dealkylation sites (tertiary alicyclic amines) is 1. The number of aryl methyl sites for hydroxylation is 1. The number of carbonyl (C=O) groups excluding carboxylic acids is 1. The third kappa shape index (κ3) is 3.44. The largest absolute Gasteiger partial charge is 0.393 e. The van der Waals surface area contributed by atoms with Gasteiger partial charge < -0.3 is 10.0 Å². The molecule has 1 heterocycles. The molecule has 1 amide bonds. The molecule has 0 bridgehead atoms. The molecule has 1 N–H and O–H groups in total. The summed E-state index contributed by atoms with van der Waals surface area (Å²) < 4.78 is 23.2. The predicted molar refractivity (Wildman–Crippen MR) is 80.0 cm³/mol. The maximum absolute atomic E-state index is 12.6. The number of carbonyl (C=O) groups is 1. The number of rotatable bonds is 3. The van der Waals surface area contributed by atoms with Crippen LogP contribution < -0.4 is 0 Å². The molecule has 5 nitrogen and oxygen atoms in total. The lowest BCUT2D eigenvalue weighted by atomic mass is 10.0. The van der Waals surface area contributed by atoms with Gasteiger partial charge in [-0.15, -0.1) is 0 Å². The van der Waals surface area contributed by atoms with Crippen LogP contribution in [0.15, 0.2) is 23.1 Å². The minimum absolute atomic E-state index is 0.0901. The van der Waals surface area contributed by atoms with Crippen molar-refractivity contribution in [2.24, 2.45) is 5.92 Å². The van der Waals surface area contributed by atoms with Crippen molar-refractivity contribution < 1.29 is 18.3 Å². The minimum Gasteiger partial charge on any atom is -0.393 e. The van der Waals surface area contributed by atoms with Gasteiger partial charge in [0.25, 0.3) is 5.91 Å². The van der Waals surface area contributed by atoms with Crippen LogP contribution in [0.3, 0.4) is 0 Å². The third-order valence-electron chi connectivity index (χ3n) is 4.06. The van der Waals surface area contributed by atoms with Crippen LogP contribution in [-0.4, -0.2) is 49.8 Å². The minimum atomic E-state index is -3.33. The van der Waals surface area contributed by atoms with E-state index in [2.05, 4.69) is 0 Å². The number of hydrogen-bond acceptors (Lipinski definition) is 4. The standard InChI is InChI=1S/C15H21NO4S/c1-10-4-5-13(21(3,19)20)8-14(10)15(18)16-7-6-12(9-16)11(2)17/h4-5,8,11-12,17H,6-7,9H2,1-3H3. The summed E-state index contributed by atoms with van der Waals surface area (Å²) in [5.41, 5.74) is 1.18. The predicted octanol–water partition coefficient (Wildman–Crippen LogP) is 1.24. The first-order valence-electron chi connectivity index (χ1n) is 6.98. The quantitative estimate of drug-likeness (QED) is 0.911. The maximum atomic E-state index is 12.6. The van der Waals surface area contributed by atoms with Crippen molar-refractivity contribution >= 4 is 15.7 Å². The highest BCUT2D eigenvalue weighted by atomic mass is 32.2. The van der Waals surface area contributed by atoms with E-state index < -0.39 is 15.9 Å². The van der Waals surface area contributed by atoms with Crippen LogP contribution in [0, 0.1) is 12.8 Å². The van der Waals surface area contributed by atoms with E-state index in [0.29, 0.717) is 18.7 Å². The zero-order valence-corrected chi connectivity index (χ0v) is 13.4. The second kappa shape index (κ2) is 5.77. The second-order valence-electron chi connectivity index (χ2n) is 5.79. The SMILES string of the molecule is Cc1ccc(S(C)(=O)=O)cc1C(=O)N1CCC(C(C)O)C1. The van der Waals surface area contributed by atoms with Gasteiger partial charge in [0.05, 0.1) is 11.0 Å². The van der Waals surface area contributed by atoms with E-state index in [-0.39, 0.29) is 16.7 Å². The summed E-state index contributed by atoms with van der Waals surface area (Å²) in [6.07, 6.45) is 1.46. The molecule has 1 aliphatic heterocycles. The number of aliphatic hydroxyl groups excluding tert-OH is 1. The first kappa shape index (κ1) is 16.0. The third-order valence-corrected chi connectivity index (χ3v) is 5.17. The number of hydrogen-bond donors (Lipinski definition) is 1. The van der Waals surface area contributed by atoms with Crippen molar-refractivity contribution in [3.05, 3.63) is 29.3 Å². The van der Waals surface area contributed by atoms with Gasteiger partial charge in [-0.1, -0.05) is 6.07 Å². The molecule has 2 unspecified atom stereocenters. The molecular formula is C15H21NO4S. The summed E-state index contributed by atoms with van der Waals surface area (Å²) in [5.74, 6) is -0.0755. The van der Waals surface area contributed by atoms with Crippen molar-refractivity contribution in [2.75, 3.05) is 19.3 Å². The van der Waals surface area contributed by atoms with Crippen molar-refractivity contribution in [1.29, 1.82) is 0 Å². The molecule has 116 valence electrons. The molecule has 1 aliphatic rings. The summed E-state index contributed by atoms with van der Waals surface area (Å²) in [4.78, 5) is 14.4. The fourth-order valence-electron chi connectivity index (χ4n) is 2.60. The molecule has 1 aromatic carbocycles. The zero-order chi connectivity index (χ0) is 15.8. The molecule has 2 rings (SSSR count). The second-order valence-corrected chi connectivity index (χ2v) is 7.81. The Balaban J connectivity index is 2.28. The Kier molecular flexibility index (Phi) is 4.39. The van der Waals surface area contributed by atoms with E-state index in [1.807, 2.05) is 0 Å². The van der Waals surface area contributed by atoms with Crippen LogP contribution in [0.4, 0.5) is 0 Å². The average molecular weight is 311 g/mol. The van der Waals surface area contributed by atoms with Gasteiger partial charge in [-0.25, -0.2) is 8.42 Å². The highest BCUT2D eigenvalue weighted by Crippen LogP contribution is 2.24. The normalized spacial score (nSPS) is 20.6. The van der Waals surface area contributed by atoms with Crippen LogP contribution in [-0.2, 0) is 9.84 Å². The highest BCUT2D eigenvalue weighted by Gasteiger charge is 2.30. The molecule has 2 atom stereocenters. The Hall–Kier alpha value is -1.40. The van der Waals surface area contributed by atoms with Crippen LogP contribution >= 0.6 is 0 Å². The fourth-order valence-corrected chi connectivity index (χ4v) is 3.25. The van der Waals surface area contributed by atoms with Gasteiger partial charge in [-0.2, -0.15) is 0 Å². The van der Waals surface area contributed by atoms with Crippen molar-refractivity contribution in [3.63, 3.8) is 0 Å². The number of nitrogens with zero attached hydrogens (tertiary/aromatic N) is 1. The van der Waals surface area contributed by atoms with Gasteiger partial charge in [0.1, 0.15) is 0 Å². The van der Waals surface area contributed by atoms with E-state index in [4.69, 9.17) is 0 Å². The van der Waals surface area contributed by atoms with E-state index >= 15 is 0 Å². The van der Waals surface area contributed by atoms with E-state index in [9.17, 15) is 18.3 Å². The molecule has 1 fully saturated rings. The summed E-state index contributed by atoms with van der Waals surface area (Å²) in [6.45, 7) is 4.63. The number of sulfone groups is 1.